The molecule has 3 aromatic heterocycles. The summed E-state index contributed by atoms with van der Waals surface area (Å²) in [5.74, 6) is -1.42. The van der Waals surface area contributed by atoms with Crippen LogP contribution in [-0.2, 0) is 17.8 Å². The van der Waals surface area contributed by atoms with Crippen LogP contribution in [0.4, 0.5) is 0 Å². The van der Waals surface area contributed by atoms with Gasteiger partial charge in [-0.15, -0.1) is 11.3 Å². The van der Waals surface area contributed by atoms with Crippen LogP contribution in [0.3, 0.4) is 0 Å². The molecule has 228 valence electrons. The number of carbonyl (C=O) groups is 3. The minimum Gasteiger partial charge on any atom is -0.497 e. The number of thiazole rings is 1. The lowest BCUT2D eigenvalue weighted by molar-refractivity contribution is -0.143. The Kier molecular flexibility index (Phi) is 8.61. The first-order valence-electron chi connectivity index (χ1n) is 14.5. The highest BCUT2D eigenvalue weighted by molar-refractivity contribution is 7.18. The Morgan fingerprint density at radius 3 is 2.32 bits per heavy atom. The fourth-order valence-electron chi connectivity index (χ4n) is 5.28. The van der Waals surface area contributed by atoms with Crippen LogP contribution in [0.2, 0.25) is 0 Å². The van der Waals surface area contributed by atoms with Crippen molar-refractivity contribution in [1.29, 1.82) is 0 Å². The molecule has 0 aliphatic heterocycles. The summed E-state index contributed by atoms with van der Waals surface area (Å²) in [6.07, 6.45) is 1.73. The monoisotopic (exact) mass is 612 g/mol. The van der Waals surface area contributed by atoms with Gasteiger partial charge in [-0.25, -0.2) is 4.98 Å². The summed E-state index contributed by atoms with van der Waals surface area (Å²) in [6.45, 7) is 9.35. The lowest BCUT2D eigenvalue weighted by Crippen LogP contribution is -2.26. The molecule has 1 N–H and O–H groups in total. The van der Waals surface area contributed by atoms with E-state index in [4.69, 9.17) is 9.47 Å². The molecule has 0 saturated carbocycles. The third-order valence-corrected chi connectivity index (χ3v) is 8.74. The number of methoxy groups -OCH3 is 1. The molecule has 0 bridgehead atoms. The minimum absolute atomic E-state index is 0.0188. The summed E-state index contributed by atoms with van der Waals surface area (Å²) in [5.41, 5.74) is 2.02. The molecule has 0 spiro atoms. The Morgan fingerprint density at radius 1 is 1.00 bits per heavy atom. The predicted octanol–water partition coefficient (Wildman–Crippen LogP) is 7.50. The van der Waals surface area contributed by atoms with E-state index in [0.717, 1.165) is 15.2 Å². The highest BCUT2D eigenvalue weighted by Crippen LogP contribution is 2.36. The van der Waals surface area contributed by atoms with E-state index in [0.29, 0.717) is 33.7 Å². The summed E-state index contributed by atoms with van der Waals surface area (Å²) in [7, 11) is 1.55. The first-order chi connectivity index (χ1) is 20.9. The van der Waals surface area contributed by atoms with Crippen LogP contribution in [0.1, 0.15) is 71.6 Å². The third kappa shape index (κ3) is 6.10. The molecule has 9 heteroatoms. The number of ketones is 2. The molecule has 0 saturated heterocycles. The van der Waals surface area contributed by atoms with Crippen molar-refractivity contribution in [3.63, 3.8) is 0 Å². The number of aliphatic carboxylic acids is 1. The number of Topliss-reactive ketones (excluding diaryl/α,β-unsaturated/α-hetero) is 1. The van der Waals surface area contributed by atoms with E-state index in [9.17, 15) is 19.5 Å². The number of carbonyl (C=O) groups excluding carboxylic acids is 2. The molecule has 0 fully saturated rings. The maximum Gasteiger partial charge on any atom is 0.307 e. The molecule has 1 atom stereocenters. The van der Waals surface area contributed by atoms with Crippen LogP contribution in [0, 0.1) is 17.3 Å². The first-order valence-corrected chi connectivity index (χ1v) is 15.3. The van der Waals surface area contributed by atoms with Crippen LogP contribution < -0.4 is 9.47 Å². The van der Waals surface area contributed by atoms with Gasteiger partial charge in [0.15, 0.2) is 5.78 Å². The molecular formula is C35H36N2O6S. The maximum absolute atomic E-state index is 14.2. The Balaban J connectivity index is 1.68. The number of carboxylic acids is 1. The number of rotatable bonds is 11. The van der Waals surface area contributed by atoms with Crippen molar-refractivity contribution in [3.8, 4) is 11.5 Å². The average Bonchev–Trinajstić information content (AvgIpc) is 3.55. The van der Waals surface area contributed by atoms with Crippen LogP contribution in [0.5, 0.6) is 11.5 Å². The molecule has 0 aliphatic carbocycles. The van der Waals surface area contributed by atoms with Gasteiger partial charge in [-0.3, -0.25) is 14.4 Å². The molecule has 0 aliphatic rings. The largest absolute Gasteiger partial charge is 0.497 e. The van der Waals surface area contributed by atoms with Gasteiger partial charge in [0, 0.05) is 28.8 Å². The number of benzene rings is 2. The van der Waals surface area contributed by atoms with E-state index in [1.54, 1.807) is 65.4 Å². The molecule has 44 heavy (non-hydrogen) atoms. The van der Waals surface area contributed by atoms with Crippen molar-refractivity contribution >= 4 is 44.6 Å². The van der Waals surface area contributed by atoms with Gasteiger partial charge in [-0.2, -0.15) is 0 Å². The number of pyridine rings is 1. The zero-order chi connectivity index (χ0) is 31.8. The molecular weight excluding hydrogens is 576 g/mol. The number of ether oxygens (including phenoxy) is 2. The summed E-state index contributed by atoms with van der Waals surface area (Å²) >= 11 is 1.55. The van der Waals surface area contributed by atoms with E-state index >= 15 is 0 Å². The van der Waals surface area contributed by atoms with Gasteiger partial charge >= 0.3 is 5.97 Å². The summed E-state index contributed by atoms with van der Waals surface area (Å²) in [5, 5.41) is 10.9. The number of carboxylic acid groups (broad SMARTS) is 1. The predicted molar refractivity (Wildman–Crippen MR) is 171 cm³/mol. The van der Waals surface area contributed by atoms with Gasteiger partial charge < -0.3 is 19.0 Å². The topological polar surface area (TPSA) is 107 Å². The molecule has 2 aromatic carbocycles. The van der Waals surface area contributed by atoms with Crippen molar-refractivity contribution in [2.24, 2.45) is 17.3 Å². The zero-order valence-electron chi connectivity index (χ0n) is 25.7. The van der Waals surface area contributed by atoms with Gasteiger partial charge in [-0.1, -0.05) is 46.8 Å². The Bertz CT molecular complexity index is 1830. The Labute approximate surface area is 260 Å². The second kappa shape index (κ2) is 12.2. The van der Waals surface area contributed by atoms with Gasteiger partial charge in [0.1, 0.15) is 23.1 Å². The third-order valence-electron chi connectivity index (χ3n) is 7.73. The lowest BCUT2D eigenvalue weighted by atomic mass is 9.81. The van der Waals surface area contributed by atoms with Crippen molar-refractivity contribution < 1.29 is 29.0 Å². The number of fused-ring (bicyclic) bond motifs is 2. The lowest BCUT2D eigenvalue weighted by Gasteiger charge is -2.20. The summed E-state index contributed by atoms with van der Waals surface area (Å²) in [6, 6.07) is 18.1. The second-order valence-corrected chi connectivity index (χ2v) is 13.3. The number of hydrogen-bond donors (Lipinski definition) is 1. The van der Waals surface area contributed by atoms with E-state index in [1.807, 2.05) is 58.9 Å². The summed E-state index contributed by atoms with van der Waals surface area (Å²) < 4.78 is 14.2. The molecule has 5 rings (SSSR count). The molecule has 0 amide bonds. The first kappa shape index (κ1) is 30.9. The van der Waals surface area contributed by atoms with E-state index in [2.05, 4.69) is 4.98 Å². The molecule has 5 aromatic rings. The molecule has 8 nitrogen and oxygen atoms in total. The Morgan fingerprint density at radius 2 is 1.70 bits per heavy atom. The van der Waals surface area contributed by atoms with Crippen molar-refractivity contribution in [2.75, 3.05) is 7.11 Å². The minimum atomic E-state index is -0.980. The van der Waals surface area contributed by atoms with E-state index < -0.39 is 17.3 Å². The second-order valence-electron chi connectivity index (χ2n) is 12.2. The van der Waals surface area contributed by atoms with E-state index in [-0.39, 0.29) is 36.2 Å². The fraction of sp³-hybridized carbons (Fsp3) is 0.314. The van der Waals surface area contributed by atoms with Crippen molar-refractivity contribution in [1.82, 2.24) is 9.38 Å². The number of aromatic nitrogens is 2. The quantitative estimate of drug-likeness (QED) is 0.154. The maximum atomic E-state index is 14.2. The fourth-order valence-corrected chi connectivity index (χ4v) is 6.16. The van der Waals surface area contributed by atoms with Gasteiger partial charge in [-0.05, 0) is 60.4 Å². The van der Waals surface area contributed by atoms with Crippen LogP contribution >= 0.6 is 11.3 Å². The Hall–Kier alpha value is -4.50. The van der Waals surface area contributed by atoms with Gasteiger partial charge in [0.05, 0.1) is 34.5 Å². The van der Waals surface area contributed by atoms with Crippen molar-refractivity contribution in [3.05, 3.63) is 94.3 Å². The number of hydrogen-bond acceptors (Lipinski definition) is 7. The van der Waals surface area contributed by atoms with Crippen LogP contribution in [-0.4, -0.2) is 39.1 Å². The van der Waals surface area contributed by atoms with Gasteiger partial charge in [0.25, 0.3) is 0 Å². The SMILES string of the molecule is COc1ccc(C(=O)c2c(CC(C(=O)O)C(C)C)c(C(=O)C(C)(C)C)c3cc(OCc4nc5ccccc5s4)ccn23)cc1. The van der Waals surface area contributed by atoms with Gasteiger partial charge in [0.2, 0.25) is 5.78 Å². The standard InChI is InChI=1S/C35H36N2O6S/c1-20(2)24(34(40)41)18-25-30(33(39)35(3,4)5)27-17-23(43-19-29-36-26-9-7-8-10-28(26)44-29)15-16-37(27)31(25)32(38)21-11-13-22(42-6)14-12-21/h7-17,20,24H,18-19H2,1-6H3,(H,40,41). The molecule has 1 unspecified atom stereocenters. The van der Waals surface area contributed by atoms with E-state index in [1.165, 1.54) is 0 Å². The zero-order valence-corrected chi connectivity index (χ0v) is 26.5. The summed E-state index contributed by atoms with van der Waals surface area (Å²) in [4.78, 5) is 45.4. The number of nitrogens with zero attached hydrogens (tertiary/aromatic N) is 2. The smallest absolute Gasteiger partial charge is 0.307 e. The molecule has 3 heterocycles. The van der Waals surface area contributed by atoms with Crippen molar-refractivity contribution in [2.45, 2.75) is 47.6 Å². The number of para-hydroxylation sites is 1. The average molecular weight is 613 g/mol. The highest BCUT2D eigenvalue weighted by Gasteiger charge is 2.35. The highest BCUT2D eigenvalue weighted by atomic mass is 32.1. The van der Waals surface area contributed by atoms with Crippen LogP contribution in [0.25, 0.3) is 15.7 Å². The molecule has 0 radical (unpaired) electrons. The normalized spacial score (nSPS) is 12.5. The van der Waals surface area contributed by atoms with Crippen LogP contribution in [0.15, 0.2) is 66.9 Å².